The monoisotopic (exact) mass is 303 g/mol. The number of nitrogens with zero attached hydrogens (tertiary/aromatic N) is 2. The minimum absolute atomic E-state index is 0.0594. The molecule has 1 aliphatic heterocycles. The fourth-order valence-electron chi connectivity index (χ4n) is 2.33. The van der Waals surface area contributed by atoms with Gasteiger partial charge in [-0.1, -0.05) is 50.1 Å². The number of unbranched alkanes of at least 4 members (excludes halogenated alkanes) is 2. The summed E-state index contributed by atoms with van der Waals surface area (Å²) in [6, 6.07) is 8.21. The van der Waals surface area contributed by atoms with E-state index in [0.29, 0.717) is 18.0 Å². The van der Waals surface area contributed by atoms with Gasteiger partial charge in [0.1, 0.15) is 6.54 Å². The molecule has 1 heterocycles. The van der Waals surface area contributed by atoms with E-state index >= 15 is 0 Å². The molecule has 1 aromatic carbocycles. The van der Waals surface area contributed by atoms with E-state index in [2.05, 4.69) is 12.2 Å². The first-order valence-corrected chi connectivity index (χ1v) is 7.57. The smallest absolute Gasteiger partial charge is 0.335 e. The second-order valence-corrected chi connectivity index (χ2v) is 5.29. The lowest BCUT2D eigenvalue weighted by atomic mass is 10.2. The van der Waals surface area contributed by atoms with Crippen molar-refractivity contribution < 1.29 is 14.4 Å². The first kappa shape index (κ1) is 16.0. The minimum Gasteiger partial charge on any atom is -0.337 e. The van der Waals surface area contributed by atoms with Gasteiger partial charge in [0.05, 0.1) is 0 Å². The normalized spacial score (nSPS) is 14.6. The lowest BCUT2D eigenvalue weighted by Gasteiger charge is -2.16. The summed E-state index contributed by atoms with van der Waals surface area (Å²) in [6.45, 7) is 2.81. The molecule has 0 aromatic heterocycles. The molecule has 6 heteroatoms. The zero-order chi connectivity index (χ0) is 15.9. The summed E-state index contributed by atoms with van der Waals surface area (Å²) in [4.78, 5) is 38.2. The molecule has 1 fully saturated rings. The largest absolute Gasteiger partial charge is 0.337 e. The molecule has 1 aliphatic rings. The van der Waals surface area contributed by atoms with Crippen molar-refractivity contribution in [3.8, 4) is 0 Å². The van der Waals surface area contributed by atoms with Crippen molar-refractivity contribution in [1.29, 1.82) is 0 Å². The summed E-state index contributed by atoms with van der Waals surface area (Å²) in [5.41, 5.74) is 0.925. The predicted molar refractivity (Wildman–Crippen MR) is 82.0 cm³/mol. The number of imide groups is 3. The van der Waals surface area contributed by atoms with Gasteiger partial charge in [-0.2, -0.15) is 4.90 Å². The van der Waals surface area contributed by atoms with Crippen LogP contribution in [-0.2, 0) is 11.3 Å². The van der Waals surface area contributed by atoms with Gasteiger partial charge in [0.15, 0.2) is 0 Å². The molecule has 0 spiro atoms. The molecule has 0 atom stereocenters. The number of benzene rings is 1. The van der Waals surface area contributed by atoms with Crippen LogP contribution in [-0.4, -0.2) is 40.9 Å². The van der Waals surface area contributed by atoms with Gasteiger partial charge in [-0.05, 0) is 12.0 Å². The molecule has 0 bridgehead atoms. The molecule has 0 radical (unpaired) electrons. The van der Waals surface area contributed by atoms with Crippen molar-refractivity contribution in [3.63, 3.8) is 0 Å². The summed E-state index contributed by atoms with van der Waals surface area (Å²) in [5, 5.41) is 2.62. The summed E-state index contributed by atoms with van der Waals surface area (Å²) < 4.78 is 0. The van der Waals surface area contributed by atoms with Crippen molar-refractivity contribution in [3.05, 3.63) is 35.9 Å². The van der Waals surface area contributed by atoms with E-state index in [1.807, 2.05) is 30.3 Å². The second kappa shape index (κ2) is 7.59. The third kappa shape index (κ3) is 3.84. The molecule has 1 saturated heterocycles. The molecule has 2 rings (SSSR count). The Hall–Kier alpha value is -2.37. The van der Waals surface area contributed by atoms with Crippen LogP contribution in [0.3, 0.4) is 0 Å². The fourth-order valence-corrected chi connectivity index (χ4v) is 2.33. The lowest BCUT2D eigenvalue weighted by Crippen LogP contribution is -2.44. The van der Waals surface area contributed by atoms with Crippen molar-refractivity contribution in [2.75, 3.05) is 13.1 Å². The van der Waals surface area contributed by atoms with Gasteiger partial charge in [-0.25, -0.2) is 9.59 Å². The number of rotatable bonds is 6. The number of amides is 5. The Bertz CT molecular complexity index is 545. The molecule has 0 saturated carbocycles. The van der Waals surface area contributed by atoms with Crippen molar-refractivity contribution >= 4 is 18.0 Å². The number of nitrogens with one attached hydrogen (secondary N) is 1. The highest BCUT2D eigenvalue weighted by Crippen LogP contribution is 2.14. The summed E-state index contributed by atoms with van der Waals surface area (Å²) in [6.07, 6.45) is 2.89. The van der Waals surface area contributed by atoms with Crippen LogP contribution < -0.4 is 5.32 Å². The van der Waals surface area contributed by atoms with Crippen LogP contribution in [0.2, 0.25) is 0 Å². The SMILES string of the molecule is CCCCCNC(=O)N1C(=O)CN(Cc2ccccc2)C1=O. The molecule has 1 aromatic rings. The third-order valence-electron chi connectivity index (χ3n) is 3.51. The highest BCUT2D eigenvalue weighted by atomic mass is 16.2. The van der Waals surface area contributed by atoms with E-state index in [4.69, 9.17) is 0 Å². The zero-order valence-corrected chi connectivity index (χ0v) is 12.7. The van der Waals surface area contributed by atoms with E-state index in [1.165, 1.54) is 4.90 Å². The van der Waals surface area contributed by atoms with Gasteiger partial charge in [0, 0.05) is 13.1 Å². The van der Waals surface area contributed by atoms with Crippen molar-refractivity contribution in [2.24, 2.45) is 0 Å². The van der Waals surface area contributed by atoms with Gasteiger partial charge in [-0.15, -0.1) is 0 Å². The summed E-state index contributed by atoms with van der Waals surface area (Å²) in [5.74, 6) is -0.478. The summed E-state index contributed by atoms with van der Waals surface area (Å²) in [7, 11) is 0. The van der Waals surface area contributed by atoms with Crippen LogP contribution in [0.1, 0.15) is 31.7 Å². The van der Waals surface area contributed by atoms with E-state index < -0.39 is 18.0 Å². The Morgan fingerprint density at radius 1 is 1.18 bits per heavy atom. The first-order valence-electron chi connectivity index (χ1n) is 7.57. The van der Waals surface area contributed by atoms with E-state index in [-0.39, 0.29) is 6.54 Å². The Morgan fingerprint density at radius 2 is 1.91 bits per heavy atom. The first-order chi connectivity index (χ1) is 10.6. The van der Waals surface area contributed by atoms with E-state index in [1.54, 1.807) is 0 Å². The number of carbonyl (C=O) groups excluding carboxylic acids is 3. The number of hydrogen-bond acceptors (Lipinski definition) is 3. The maximum Gasteiger partial charge on any atom is 0.335 e. The Labute approximate surface area is 130 Å². The molecular weight excluding hydrogens is 282 g/mol. The molecule has 1 N–H and O–H groups in total. The molecule has 22 heavy (non-hydrogen) atoms. The van der Waals surface area contributed by atoms with Crippen molar-refractivity contribution in [2.45, 2.75) is 32.7 Å². The maximum absolute atomic E-state index is 12.2. The average molecular weight is 303 g/mol. The Kier molecular flexibility index (Phi) is 5.52. The minimum atomic E-state index is -0.623. The molecule has 0 unspecified atom stereocenters. The van der Waals surface area contributed by atoms with Gasteiger partial charge in [0.2, 0.25) is 0 Å². The molecule has 0 aliphatic carbocycles. The van der Waals surface area contributed by atoms with Gasteiger partial charge in [-0.3, -0.25) is 4.79 Å². The molecule has 5 amide bonds. The lowest BCUT2D eigenvalue weighted by molar-refractivity contribution is -0.123. The Morgan fingerprint density at radius 3 is 2.59 bits per heavy atom. The van der Waals surface area contributed by atoms with Crippen LogP contribution in [0, 0.1) is 0 Å². The molecule has 118 valence electrons. The number of carbonyl (C=O) groups is 3. The quantitative estimate of drug-likeness (QED) is 0.648. The molecule has 6 nitrogen and oxygen atoms in total. The van der Waals surface area contributed by atoms with Gasteiger partial charge < -0.3 is 10.2 Å². The highest BCUT2D eigenvalue weighted by molar-refractivity contribution is 6.14. The number of hydrogen-bond donors (Lipinski definition) is 1. The Balaban J connectivity index is 1.92. The van der Waals surface area contributed by atoms with Crippen LogP contribution in [0.15, 0.2) is 30.3 Å². The van der Waals surface area contributed by atoms with Crippen LogP contribution in [0.25, 0.3) is 0 Å². The summed E-state index contributed by atoms with van der Waals surface area (Å²) >= 11 is 0. The van der Waals surface area contributed by atoms with E-state index in [9.17, 15) is 14.4 Å². The van der Waals surface area contributed by atoms with Crippen LogP contribution in [0.4, 0.5) is 9.59 Å². The maximum atomic E-state index is 12.2. The van der Waals surface area contributed by atoms with Crippen LogP contribution in [0.5, 0.6) is 0 Å². The average Bonchev–Trinajstić information content (AvgIpc) is 2.79. The molecular formula is C16H21N3O3. The van der Waals surface area contributed by atoms with Gasteiger partial charge >= 0.3 is 12.1 Å². The predicted octanol–water partition coefficient (Wildman–Crippen LogP) is 2.35. The zero-order valence-electron chi connectivity index (χ0n) is 12.7. The van der Waals surface area contributed by atoms with E-state index in [0.717, 1.165) is 24.8 Å². The third-order valence-corrected chi connectivity index (χ3v) is 3.51. The van der Waals surface area contributed by atoms with Gasteiger partial charge in [0.25, 0.3) is 5.91 Å². The standard InChI is InChI=1S/C16H21N3O3/c1-2-3-7-10-17-15(21)19-14(20)12-18(16(19)22)11-13-8-5-4-6-9-13/h4-6,8-9H,2-3,7,10-12H2,1H3,(H,17,21). The highest BCUT2D eigenvalue weighted by Gasteiger charge is 2.40. The second-order valence-electron chi connectivity index (χ2n) is 5.29. The number of urea groups is 2. The van der Waals surface area contributed by atoms with Crippen LogP contribution >= 0.6 is 0 Å². The fraction of sp³-hybridized carbons (Fsp3) is 0.438. The topological polar surface area (TPSA) is 69.7 Å². The van der Waals surface area contributed by atoms with Crippen molar-refractivity contribution in [1.82, 2.24) is 15.1 Å².